The molecule has 0 fully saturated rings. The maximum Gasteiger partial charge on any atom is 0.164 e. The molecule has 0 N–H and O–H groups in total. The lowest BCUT2D eigenvalue weighted by Crippen LogP contribution is -2.02. The van der Waals surface area contributed by atoms with Gasteiger partial charge < -0.3 is 0 Å². The number of aromatic nitrogens is 5. The SMILES string of the molecule is c1ccc(-c2nc(-c3ccccc3)nc(-c3ccnc(-n4c5ccccc5c5ccc(-c6cccc7c6sc6ccccc67)cc54)c3)n2)cc1. The van der Waals surface area contributed by atoms with Gasteiger partial charge in [-0.15, -0.1) is 11.3 Å². The fourth-order valence-electron chi connectivity index (χ4n) is 6.98. The Morgan fingerprint density at radius 1 is 0.420 bits per heavy atom. The second-order valence-corrected chi connectivity index (χ2v) is 13.4. The Balaban J connectivity index is 1.17. The van der Waals surface area contributed by atoms with Gasteiger partial charge in [0.1, 0.15) is 5.82 Å². The Bertz CT molecular complexity index is 2820. The maximum atomic E-state index is 4.99. The Morgan fingerprint density at radius 2 is 1.04 bits per heavy atom. The summed E-state index contributed by atoms with van der Waals surface area (Å²) < 4.78 is 4.87. The highest BCUT2D eigenvalue weighted by molar-refractivity contribution is 7.26. The fraction of sp³-hybridized carbons (Fsp3) is 0. The number of rotatable bonds is 5. The molecule has 0 saturated heterocycles. The molecule has 0 atom stereocenters. The third-order valence-electron chi connectivity index (χ3n) is 9.32. The van der Waals surface area contributed by atoms with Gasteiger partial charge in [-0.25, -0.2) is 19.9 Å². The summed E-state index contributed by atoms with van der Waals surface area (Å²) in [6.45, 7) is 0. The molecule has 0 aliphatic carbocycles. The molecule has 0 amide bonds. The summed E-state index contributed by atoms with van der Waals surface area (Å²) in [5, 5.41) is 4.95. The molecule has 10 rings (SSSR count). The number of thiophene rings is 1. The van der Waals surface area contributed by atoms with Crippen molar-refractivity contribution < 1.29 is 0 Å². The zero-order valence-corrected chi connectivity index (χ0v) is 27.5. The summed E-state index contributed by atoms with van der Waals surface area (Å²) in [6, 6.07) is 54.9. The van der Waals surface area contributed by atoms with Crippen LogP contribution < -0.4 is 0 Å². The van der Waals surface area contributed by atoms with Crippen molar-refractivity contribution in [3.63, 3.8) is 0 Å². The molecule has 0 aliphatic rings. The molecule has 0 bridgehead atoms. The van der Waals surface area contributed by atoms with Gasteiger partial charge in [0.05, 0.1) is 11.0 Å². The minimum atomic E-state index is 0.597. The van der Waals surface area contributed by atoms with E-state index in [2.05, 4.69) is 95.6 Å². The van der Waals surface area contributed by atoms with Crippen LogP contribution in [-0.2, 0) is 0 Å². The van der Waals surface area contributed by atoms with Gasteiger partial charge in [0.2, 0.25) is 0 Å². The van der Waals surface area contributed by atoms with E-state index in [-0.39, 0.29) is 0 Å². The predicted octanol–water partition coefficient (Wildman–Crippen LogP) is 11.4. The number of pyridine rings is 1. The zero-order valence-electron chi connectivity index (χ0n) is 26.7. The van der Waals surface area contributed by atoms with Crippen molar-refractivity contribution in [3.8, 4) is 51.1 Å². The summed E-state index contributed by atoms with van der Waals surface area (Å²) in [5.41, 5.74) is 7.33. The van der Waals surface area contributed by atoms with Crippen molar-refractivity contribution in [1.82, 2.24) is 24.5 Å². The number of hydrogen-bond donors (Lipinski definition) is 0. The van der Waals surface area contributed by atoms with Gasteiger partial charge >= 0.3 is 0 Å². The predicted molar refractivity (Wildman–Crippen MR) is 207 cm³/mol. The van der Waals surface area contributed by atoms with E-state index < -0.39 is 0 Å². The largest absolute Gasteiger partial charge is 0.294 e. The van der Waals surface area contributed by atoms with Crippen molar-refractivity contribution in [3.05, 3.63) is 164 Å². The van der Waals surface area contributed by atoms with Crippen LogP contribution in [0.15, 0.2) is 164 Å². The van der Waals surface area contributed by atoms with E-state index in [1.54, 1.807) is 0 Å². The van der Waals surface area contributed by atoms with Gasteiger partial charge in [0, 0.05) is 53.8 Å². The molecular formula is C44H27N5S. The average Bonchev–Trinajstić information content (AvgIpc) is 3.74. The third-order valence-corrected chi connectivity index (χ3v) is 10.5. The van der Waals surface area contributed by atoms with Gasteiger partial charge in [-0.05, 0) is 41.5 Å². The summed E-state index contributed by atoms with van der Waals surface area (Å²) in [5.74, 6) is 2.66. The summed E-state index contributed by atoms with van der Waals surface area (Å²) >= 11 is 1.85. The average molecular weight is 658 g/mol. The van der Waals surface area contributed by atoms with Crippen molar-refractivity contribution in [2.45, 2.75) is 0 Å². The fourth-order valence-corrected chi connectivity index (χ4v) is 8.22. The van der Waals surface area contributed by atoms with E-state index >= 15 is 0 Å². The number of hydrogen-bond acceptors (Lipinski definition) is 5. The van der Waals surface area contributed by atoms with Crippen LogP contribution in [0, 0.1) is 0 Å². The van der Waals surface area contributed by atoms with E-state index in [1.165, 1.54) is 42.1 Å². The highest BCUT2D eigenvalue weighted by Gasteiger charge is 2.18. The molecule has 0 spiro atoms. The first-order valence-corrected chi connectivity index (χ1v) is 17.4. The number of benzene rings is 6. The molecule has 6 heteroatoms. The van der Waals surface area contributed by atoms with Crippen LogP contribution >= 0.6 is 11.3 Å². The summed E-state index contributed by atoms with van der Waals surface area (Å²) in [6.07, 6.45) is 1.85. The second-order valence-electron chi connectivity index (χ2n) is 12.3. The molecule has 0 saturated carbocycles. The Hall–Kier alpha value is -6.50. The molecule has 10 aromatic rings. The zero-order chi connectivity index (χ0) is 33.0. The highest BCUT2D eigenvalue weighted by atomic mass is 32.1. The molecule has 234 valence electrons. The molecule has 0 unspecified atom stereocenters. The van der Waals surface area contributed by atoms with Crippen LogP contribution in [-0.4, -0.2) is 24.5 Å². The minimum Gasteiger partial charge on any atom is -0.294 e. The lowest BCUT2D eigenvalue weighted by Gasteiger charge is -2.11. The van der Waals surface area contributed by atoms with E-state index in [0.717, 1.165) is 33.5 Å². The van der Waals surface area contributed by atoms with E-state index in [4.69, 9.17) is 19.9 Å². The van der Waals surface area contributed by atoms with Gasteiger partial charge in [-0.1, -0.05) is 127 Å². The number of nitrogens with zero attached hydrogens (tertiary/aromatic N) is 5. The van der Waals surface area contributed by atoms with Crippen LogP contribution in [0.4, 0.5) is 0 Å². The molecule has 0 aliphatic heterocycles. The lowest BCUT2D eigenvalue weighted by atomic mass is 10.0. The molecule has 4 heterocycles. The molecule has 5 nitrogen and oxygen atoms in total. The van der Waals surface area contributed by atoms with Gasteiger partial charge in [-0.2, -0.15) is 0 Å². The normalized spacial score (nSPS) is 11.6. The van der Waals surface area contributed by atoms with Crippen molar-refractivity contribution >= 4 is 53.3 Å². The van der Waals surface area contributed by atoms with Gasteiger partial charge in [-0.3, -0.25) is 4.57 Å². The first-order valence-electron chi connectivity index (χ1n) is 16.6. The highest BCUT2D eigenvalue weighted by Crippen LogP contribution is 2.41. The monoisotopic (exact) mass is 657 g/mol. The first kappa shape index (κ1) is 28.5. The van der Waals surface area contributed by atoms with Crippen LogP contribution in [0.5, 0.6) is 0 Å². The second kappa shape index (κ2) is 11.6. The molecule has 4 aromatic heterocycles. The Kier molecular flexibility index (Phi) is 6.60. The smallest absolute Gasteiger partial charge is 0.164 e. The number of fused-ring (bicyclic) bond motifs is 6. The van der Waals surface area contributed by atoms with Crippen LogP contribution in [0.3, 0.4) is 0 Å². The quantitative estimate of drug-likeness (QED) is 0.185. The van der Waals surface area contributed by atoms with Crippen LogP contribution in [0.25, 0.3) is 93.1 Å². The third kappa shape index (κ3) is 4.69. The van der Waals surface area contributed by atoms with Crippen LogP contribution in [0.1, 0.15) is 0 Å². The van der Waals surface area contributed by atoms with Crippen molar-refractivity contribution in [2.24, 2.45) is 0 Å². The Morgan fingerprint density at radius 3 is 1.80 bits per heavy atom. The first-order chi connectivity index (χ1) is 24.8. The lowest BCUT2D eigenvalue weighted by molar-refractivity contribution is 1.05. The van der Waals surface area contributed by atoms with Crippen LogP contribution in [0.2, 0.25) is 0 Å². The number of para-hydroxylation sites is 1. The van der Waals surface area contributed by atoms with Gasteiger partial charge in [0.15, 0.2) is 17.5 Å². The van der Waals surface area contributed by atoms with E-state index in [1.807, 2.05) is 84.3 Å². The van der Waals surface area contributed by atoms with Gasteiger partial charge in [0.25, 0.3) is 0 Å². The molecule has 50 heavy (non-hydrogen) atoms. The minimum absolute atomic E-state index is 0.597. The van der Waals surface area contributed by atoms with E-state index in [0.29, 0.717) is 17.5 Å². The standard InChI is InChI=1S/C44H27N5S/c1-3-12-28(13-4-1)42-46-43(29-14-5-2-6-15-29)48-44(47-42)31-24-25-45-40(27-31)49-37-20-9-7-16-33(37)34-23-22-30(26-38(34)49)32-18-11-19-36-35-17-8-10-21-39(35)50-41(32)36/h1-27H. The van der Waals surface area contributed by atoms with E-state index in [9.17, 15) is 0 Å². The summed E-state index contributed by atoms with van der Waals surface area (Å²) in [4.78, 5) is 19.8. The molecular weight excluding hydrogens is 631 g/mol. The topological polar surface area (TPSA) is 56.5 Å². The molecule has 6 aromatic carbocycles. The van der Waals surface area contributed by atoms with Crippen molar-refractivity contribution in [1.29, 1.82) is 0 Å². The van der Waals surface area contributed by atoms with Crippen molar-refractivity contribution in [2.75, 3.05) is 0 Å². The molecule has 0 radical (unpaired) electrons. The Labute approximate surface area is 291 Å². The summed E-state index contributed by atoms with van der Waals surface area (Å²) in [7, 11) is 0. The maximum absolute atomic E-state index is 4.99.